The monoisotopic (exact) mass is 644 g/mol. The average molecular weight is 645 g/mol. The highest BCUT2D eigenvalue weighted by atomic mass is 32.2. The Balaban J connectivity index is 1.38. The van der Waals surface area contributed by atoms with Gasteiger partial charge in [0.25, 0.3) is 5.95 Å². The molecule has 1 saturated heterocycles. The molecule has 3 aliphatic rings. The molecule has 1 amide bonds. The van der Waals surface area contributed by atoms with E-state index >= 15 is 0 Å². The second kappa shape index (κ2) is 13.2. The predicted octanol–water partition coefficient (Wildman–Crippen LogP) is 6.65. The van der Waals surface area contributed by atoms with Crippen LogP contribution in [0.5, 0.6) is 5.88 Å². The van der Waals surface area contributed by atoms with Crippen LogP contribution in [0.3, 0.4) is 0 Å². The van der Waals surface area contributed by atoms with Crippen LogP contribution in [0.2, 0.25) is 0 Å². The number of rotatable bonds is 4. The first-order valence-electron chi connectivity index (χ1n) is 16.7. The molecule has 9 heteroatoms. The number of hydrogen-bond acceptors (Lipinski definition) is 7. The molecule has 46 heavy (non-hydrogen) atoms. The minimum absolute atomic E-state index is 0.0873. The SMILES string of the molecule is Cc1cccc(C)c1-c1cc2nc(n1)N[S+]([O-])c1cccc(c1)CCC([C@H]1C[C@@]3(CCCN3C(=O)CO)C1)[C@H](CC(C)(C)C)CO2. The fourth-order valence-electron chi connectivity index (χ4n) is 8.41. The average Bonchev–Trinajstić information content (AvgIpc) is 3.43. The molecule has 1 spiro atoms. The van der Waals surface area contributed by atoms with E-state index in [4.69, 9.17) is 14.7 Å². The van der Waals surface area contributed by atoms with Gasteiger partial charge in [-0.2, -0.15) is 9.71 Å². The summed E-state index contributed by atoms with van der Waals surface area (Å²) in [7, 11) is 0. The molecule has 3 aromatic rings. The van der Waals surface area contributed by atoms with Gasteiger partial charge in [0.2, 0.25) is 11.8 Å². The maximum absolute atomic E-state index is 13.6. The van der Waals surface area contributed by atoms with Gasteiger partial charge in [0, 0.05) is 23.7 Å². The summed E-state index contributed by atoms with van der Waals surface area (Å²) in [5, 5.41) is 9.67. The van der Waals surface area contributed by atoms with E-state index in [0.29, 0.717) is 29.2 Å². The van der Waals surface area contributed by atoms with E-state index in [-0.39, 0.29) is 28.7 Å². The summed E-state index contributed by atoms with van der Waals surface area (Å²) in [4.78, 5) is 24.9. The van der Waals surface area contributed by atoms with Gasteiger partial charge in [-0.05, 0) is 111 Å². The van der Waals surface area contributed by atoms with Crippen molar-refractivity contribution in [2.45, 2.75) is 90.0 Å². The Bertz CT molecular complexity index is 1550. The quantitative estimate of drug-likeness (QED) is 0.306. The number of anilines is 1. The highest BCUT2D eigenvalue weighted by Crippen LogP contribution is 2.54. The molecule has 2 aromatic carbocycles. The van der Waals surface area contributed by atoms with Gasteiger partial charge >= 0.3 is 0 Å². The Morgan fingerprint density at radius 3 is 2.59 bits per heavy atom. The van der Waals surface area contributed by atoms with E-state index in [1.165, 1.54) is 0 Å². The number of ether oxygens (including phenoxy) is 1. The van der Waals surface area contributed by atoms with Crippen LogP contribution in [0.15, 0.2) is 53.4 Å². The van der Waals surface area contributed by atoms with Crippen molar-refractivity contribution in [1.82, 2.24) is 14.9 Å². The van der Waals surface area contributed by atoms with Crippen molar-refractivity contribution in [1.29, 1.82) is 0 Å². The maximum Gasteiger partial charge on any atom is 0.269 e. The van der Waals surface area contributed by atoms with E-state index in [1.807, 2.05) is 35.2 Å². The van der Waals surface area contributed by atoms with E-state index in [2.05, 4.69) is 57.5 Å². The van der Waals surface area contributed by atoms with Gasteiger partial charge in [-0.1, -0.05) is 51.1 Å². The molecule has 1 aliphatic carbocycles. The number of aromatic nitrogens is 2. The zero-order valence-electron chi connectivity index (χ0n) is 27.8. The number of aliphatic hydroxyl groups excluding tert-OH is 1. The summed E-state index contributed by atoms with van der Waals surface area (Å²) < 4.78 is 23.2. The fraction of sp³-hybridized carbons (Fsp3) is 0.541. The second-order valence-corrected chi connectivity index (χ2v) is 16.2. The third kappa shape index (κ3) is 6.92. The lowest BCUT2D eigenvalue weighted by molar-refractivity contribution is -0.145. The Hall–Kier alpha value is -3.14. The summed E-state index contributed by atoms with van der Waals surface area (Å²) in [6, 6.07) is 16.1. The topological polar surface area (TPSA) is 111 Å². The zero-order valence-corrected chi connectivity index (χ0v) is 28.7. The Labute approximate surface area is 276 Å². The summed E-state index contributed by atoms with van der Waals surface area (Å²) in [6.07, 6.45) is 6.77. The predicted molar refractivity (Wildman–Crippen MR) is 182 cm³/mol. The largest absolute Gasteiger partial charge is 0.588 e. The molecular formula is C37H48N4O4S. The van der Waals surface area contributed by atoms with Gasteiger partial charge < -0.3 is 19.3 Å². The molecule has 3 atom stereocenters. The third-order valence-electron chi connectivity index (χ3n) is 10.4. The highest BCUT2D eigenvalue weighted by Gasteiger charge is 2.55. The van der Waals surface area contributed by atoms with E-state index in [0.717, 1.165) is 79.4 Å². The van der Waals surface area contributed by atoms with Crippen molar-refractivity contribution in [3.8, 4) is 17.1 Å². The van der Waals surface area contributed by atoms with Crippen molar-refractivity contribution in [3.05, 3.63) is 65.2 Å². The molecule has 2 N–H and O–H groups in total. The first-order chi connectivity index (χ1) is 21.9. The number of likely N-dealkylation sites (tertiary alicyclic amines) is 1. The van der Waals surface area contributed by atoms with Gasteiger partial charge in [-0.25, -0.2) is 4.98 Å². The zero-order chi connectivity index (χ0) is 32.6. The lowest BCUT2D eigenvalue weighted by Crippen LogP contribution is -2.58. The van der Waals surface area contributed by atoms with Crippen molar-refractivity contribution >= 4 is 23.2 Å². The number of fused-ring (bicyclic) bond motifs is 4. The number of nitrogens with zero attached hydrogens (tertiary/aromatic N) is 3. The van der Waals surface area contributed by atoms with Crippen molar-refractivity contribution in [2.75, 3.05) is 24.5 Å². The van der Waals surface area contributed by atoms with Crippen LogP contribution in [-0.4, -0.2) is 55.7 Å². The first-order valence-corrected chi connectivity index (χ1v) is 17.9. The molecule has 2 unspecified atom stereocenters. The van der Waals surface area contributed by atoms with Gasteiger partial charge in [0.1, 0.15) is 18.0 Å². The molecule has 6 rings (SSSR count). The van der Waals surface area contributed by atoms with Crippen LogP contribution >= 0.6 is 0 Å². The molecule has 0 radical (unpaired) electrons. The third-order valence-corrected chi connectivity index (χ3v) is 11.4. The van der Waals surface area contributed by atoms with Crippen molar-refractivity contribution < 1.29 is 19.2 Å². The van der Waals surface area contributed by atoms with Crippen molar-refractivity contribution in [2.24, 2.45) is 23.2 Å². The molecule has 1 aromatic heterocycles. The van der Waals surface area contributed by atoms with Crippen molar-refractivity contribution in [3.63, 3.8) is 0 Å². The van der Waals surface area contributed by atoms with Crippen LogP contribution in [0, 0.1) is 37.0 Å². The maximum atomic E-state index is 13.6. The molecule has 4 bridgehead atoms. The number of amides is 1. The first kappa shape index (κ1) is 32.8. The number of aliphatic hydroxyl groups is 1. The van der Waals surface area contributed by atoms with E-state index in [9.17, 15) is 14.5 Å². The Morgan fingerprint density at radius 2 is 1.87 bits per heavy atom. The standard InChI is InChI=1S/C37H48N4O4S/c1-24-9-6-10-25(2)34(24)31-18-32-39-35(38-31)40-46(44)29-12-7-11-26(17-29)13-14-30(28(23-45-32)19-36(3,4)5)27-20-37(21-27)15-8-16-41(37)33(43)22-42/h6-7,9-12,17-18,27-28,30,42H,8,13-16,19-23H2,1-5H3,(H,38,39,40)/t27-,28-,30?,37-,46?/m1/s1. The van der Waals surface area contributed by atoms with Gasteiger partial charge in [0.05, 0.1) is 12.3 Å². The summed E-state index contributed by atoms with van der Waals surface area (Å²) >= 11 is -1.55. The number of carbonyl (C=O) groups excluding carboxylic acids is 1. The number of benzene rings is 2. The fourth-order valence-corrected chi connectivity index (χ4v) is 9.24. The molecule has 8 nitrogen and oxygen atoms in total. The van der Waals surface area contributed by atoms with E-state index in [1.54, 1.807) is 0 Å². The highest BCUT2D eigenvalue weighted by molar-refractivity contribution is 7.92. The van der Waals surface area contributed by atoms with Crippen LogP contribution < -0.4 is 9.46 Å². The number of hydrogen-bond donors (Lipinski definition) is 2. The summed E-state index contributed by atoms with van der Waals surface area (Å²) in [5.41, 5.74) is 5.08. The lowest BCUT2D eigenvalue weighted by atomic mass is 9.57. The molecule has 3 heterocycles. The van der Waals surface area contributed by atoms with Gasteiger partial charge in [0.15, 0.2) is 4.90 Å². The number of carbonyl (C=O) groups is 1. The van der Waals surface area contributed by atoms with Crippen LogP contribution in [-0.2, 0) is 22.6 Å². The number of aryl methyl sites for hydroxylation is 3. The molecule has 1 saturated carbocycles. The second-order valence-electron chi connectivity index (χ2n) is 14.9. The smallest absolute Gasteiger partial charge is 0.269 e. The summed E-state index contributed by atoms with van der Waals surface area (Å²) in [6.45, 7) is 11.8. The molecular weight excluding hydrogens is 596 g/mol. The molecule has 246 valence electrons. The van der Waals surface area contributed by atoms with Crippen LogP contribution in [0.25, 0.3) is 11.3 Å². The van der Waals surface area contributed by atoms with Crippen LogP contribution in [0.4, 0.5) is 5.95 Å². The normalized spacial score (nSPS) is 26.5. The Kier molecular flexibility index (Phi) is 9.38. The Morgan fingerprint density at radius 1 is 1.13 bits per heavy atom. The molecule has 2 aliphatic heterocycles. The minimum Gasteiger partial charge on any atom is -0.588 e. The van der Waals surface area contributed by atoms with Gasteiger partial charge in [-0.15, -0.1) is 0 Å². The van der Waals surface area contributed by atoms with Crippen LogP contribution in [0.1, 0.15) is 76.0 Å². The minimum atomic E-state index is -1.55. The number of nitrogens with one attached hydrogen (secondary N) is 1. The van der Waals surface area contributed by atoms with E-state index < -0.39 is 18.0 Å². The summed E-state index contributed by atoms with van der Waals surface area (Å²) in [5.74, 6) is 1.68. The lowest BCUT2D eigenvalue weighted by Gasteiger charge is -2.54. The molecule has 2 fully saturated rings. The van der Waals surface area contributed by atoms with Gasteiger partial charge in [-0.3, -0.25) is 4.79 Å².